The van der Waals surface area contributed by atoms with Gasteiger partial charge in [-0.05, 0) is 45.7 Å². The molecule has 0 atom stereocenters. The van der Waals surface area contributed by atoms with Crippen LogP contribution >= 0.6 is 0 Å². The molecule has 0 aromatic carbocycles. The minimum absolute atomic E-state index is 0.0279. The van der Waals surface area contributed by atoms with Gasteiger partial charge in [0.2, 0.25) is 15.9 Å². The standard InChI is InChI=1S/C23H33N7O5S.C11H18O4S/c1-5-18-19-20(27-30(18)12-13-34-4)22(31)26-21(25-19)17-14-16(15-24-23(17)35-7-3)36(32,33)29-10-8-28(6-2)9-11-29;1-8(2)10(7-16(13,14)15)11(12)6-9-4-3-5-9/h14-15H,5-13H2,1-4H3,(H,25,26,31);9H,3-7H2,1-2H3,(H,13,14,15). The number of hydrogen-bond donors (Lipinski definition) is 2. The normalized spacial score (nSPS) is 15.9. The summed E-state index contributed by atoms with van der Waals surface area (Å²) < 4.78 is 71.2. The van der Waals surface area contributed by atoms with Gasteiger partial charge in [-0.3, -0.25) is 18.8 Å². The zero-order valence-electron chi connectivity index (χ0n) is 30.8. The van der Waals surface area contributed by atoms with Crippen LogP contribution in [-0.4, -0.2) is 120 Å². The molecule has 288 valence electrons. The van der Waals surface area contributed by atoms with Gasteiger partial charge in [-0.1, -0.05) is 38.7 Å². The molecule has 2 N–H and O–H groups in total. The molecule has 52 heavy (non-hydrogen) atoms. The first-order chi connectivity index (χ1) is 24.6. The number of hydrogen-bond acceptors (Lipinski definition) is 12. The Bertz CT molecular complexity index is 2030. The van der Waals surface area contributed by atoms with E-state index in [-0.39, 0.29) is 33.5 Å². The van der Waals surface area contributed by atoms with Crippen LogP contribution in [0.25, 0.3) is 22.4 Å². The Labute approximate surface area is 305 Å². The number of fused-ring (bicyclic) bond motifs is 1. The van der Waals surface area contributed by atoms with Gasteiger partial charge in [-0.2, -0.15) is 17.8 Å². The van der Waals surface area contributed by atoms with Gasteiger partial charge in [0.15, 0.2) is 11.3 Å². The van der Waals surface area contributed by atoms with Crippen LogP contribution in [0.2, 0.25) is 0 Å². The van der Waals surface area contributed by atoms with Crippen LogP contribution in [0, 0.1) is 5.92 Å². The summed E-state index contributed by atoms with van der Waals surface area (Å²) >= 11 is 0. The van der Waals surface area contributed by atoms with Crippen molar-refractivity contribution in [3.05, 3.63) is 39.5 Å². The highest BCUT2D eigenvalue weighted by molar-refractivity contribution is 7.89. The Kier molecular flexibility index (Phi) is 14.3. The van der Waals surface area contributed by atoms with Crippen molar-refractivity contribution in [3.63, 3.8) is 0 Å². The zero-order valence-corrected chi connectivity index (χ0v) is 32.5. The summed E-state index contributed by atoms with van der Waals surface area (Å²) in [5.41, 5.74) is 2.26. The molecule has 0 spiro atoms. The molecule has 16 nitrogen and oxygen atoms in total. The molecule has 1 saturated heterocycles. The van der Waals surface area contributed by atoms with Crippen LogP contribution in [0.3, 0.4) is 0 Å². The monoisotopic (exact) mass is 765 g/mol. The topological polar surface area (TPSA) is 207 Å². The lowest BCUT2D eigenvalue weighted by molar-refractivity contribution is -0.117. The number of piperazine rings is 1. The summed E-state index contributed by atoms with van der Waals surface area (Å²) in [5.74, 6) is 0.0865. The number of pyridine rings is 1. The second-order valence-corrected chi connectivity index (χ2v) is 16.4. The van der Waals surface area contributed by atoms with E-state index in [1.165, 1.54) is 16.6 Å². The molecular formula is C34H51N7O9S2. The van der Waals surface area contributed by atoms with Crippen molar-refractivity contribution in [2.75, 3.05) is 58.8 Å². The smallest absolute Gasteiger partial charge is 0.279 e. The molecule has 5 rings (SSSR count). The van der Waals surface area contributed by atoms with Crippen molar-refractivity contribution >= 4 is 37.0 Å². The van der Waals surface area contributed by atoms with Crippen LogP contribution in [0.5, 0.6) is 5.88 Å². The van der Waals surface area contributed by atoms with E-state index in [0.29, 0.717) is 81.4 Å². The first kappa shape index (κ1) is 41.2. The molecule has 1 aliphatic heterocycles. The molecule has 2 aliphatic rings. The van der Waals surface area contributed by atoms with E-state index in [0.717, 1.165) is 31.5 Å². The van der Waals surface area contributed by atoms with E-state index in [1.54, 1.807) is 32.6 Å². The number of rotatable bonds is 15. The second-order valence-electron chi connectivity index (χ2n) is 13.1. The number of ether oxygens (including phenoxy) is 2. The fourth-order valence-corrected chi connectivity index (χ4v) is 8.31. The Balaban J connectivity index is 0.000000317. The number of allylic oxidation sites excluding steroid dienone is 1. The lowest BCUT2D eigenvalue weighted by atomic mass is 9.80. The molecule has 18 heteroatoms. The number of H-pyrrole nitrogens is 1. The van der Waals surface area contributed by atoms with Gasteiger partial charge in [0.05, 0.1) is 37.2 Å². The summed E-state index contributed by atoms with van der Waals surface area (Å²) in [6.45, 7) is 13.5. The third kappa shape index (κ3) is 10.1. The van der Waals surface area contributed by atoms with E-state index in [9.17, 15) is 26.4 Å². The van der Waals surface area contributed by atoms with Gasteiger partial charge in [0, 0.05) is 45.3 Å². The summed E-state index contributed by atoms with van der Waals surface area (Å²) in [5, 5.41) is 4.42. The van der Waals surface area contributed by atoms with Crippen LogP contribution in [0.4, 0.5) is 0 Å². The highest BCUT2D eigenvalue weighted by atomic mass is 32.2. The molecular weight excluding hydrogens is 715 g/mol. The third-order valence-corrected chi connectivity index (χ3v) is 11.8. The molecule has 3 aromatic rings. The largest absolute Gasteiger partial charge is 0.477 e. The molecule has 0 radical (unpaired) electrons. The molecule has 0 amide bonds. The van der Waals surface area contributed by atoms with Crippen molar-refractivity contribution in [1.82, 2.24) is 33.9 Å². The molecule has 0 bridgehead atoms. The van der Waals surface area contributed by atoms with Crippen molar-refractivity contribution in [3.8, 4) is 17.3 Å². The maximum absolute atomic E-state index is 13.4. The molecule has 1 aliphatic carbocycles. The van der Waals surface area contributed by atoms with Crippen molar-refractivity contribution in [2.24, 2.45) is 5.92 Å². The van der Waals surface area contributed by atoms with Crippen LogP contribution in [0.15, 0.2) is 33.1 Å². The number of Topliss-reactive ketones (excluding diaryl/α,β-unsaturated/α-hetero) is 1. The minimum Gasteiger partial charge on any atom is -0.477 e. The van der Waals surface area contributed by atoms with Crippen LogP contribution in [-0.2, 0) is 42.6 Å². The van der Waals surface area contributed by atoms with Gasteiger partial charge in [-0.15, -0.1) is 0 Å². The Hall–Kier alpha value is -3.55. The fourth-order valence-electron chi connectivity index (χ4n) is 6.10. The van der Waals surface area contributed by atoms with Crippen molar-refractivity contribution in [2.45, 2.75) is 78.2 Å². The van der Waals surface area contributed by atoms with Crippen molar-refractivity contribution in [1.29, 1.82) is 0 Å². The highest BCUT2D eigenvalue weighted by Gasteiger charge is 2.30. The second kappa shape index (κ2) is 18.0. The van der Waals surface area contributed by atoms with Gasteiger partial charge in [-0.25, -0.2) is 18.4 Å². The summed E-state index contributed by atoms with van der Waals surface area (Å²) in [4.78, 5) is 38.8. The number of methoxy groups -OCH3 is 1. The molecule has 2 fully saturated rings. The molecule has 1 saturated carbocycles. The number of aromatic amines is 1. The average Bonchev–Trinajstić information content (AvgIpc) is 3.45. The van der Waals surface area contributed by atoms with Gasteiger partial charge in [0.25, 0.3) is 15.7 Å². The quantitative estimate of drug-likeness (QED) is 0.169. The lowest BCUT2D eigenvalue weighted by Crippen LogP contribution is -2.48. The Morgan fingerprint density at radius 1 is 1.06 bits per heavy atom. The van der Waals surface area contributed by atoms with E-state index in [1.807, 2.05) is 6.92 Å². The van der Waals surface area contributed by atoms with E-state index >= 15 is 0 Å². The zero-order chi connectivity index (χ0) is 38.2. The first-order valence-electron chi connectivity index (χ1n) is 17.6. The maximum Gasteiger partial charge on any atom is 0.279 e. The molecule has 0 unspecified atom stereocenters. The number of carbonyl (C=O) groups excluding carboxylic acids is 1. The summed E-state index contributed by atoms with van der Waals surface area (Å²) in [6, 6.07) is 1.48. The summed E-state index contributed by atoms with van der Waals surface area (Å²) in [6.07, 6.45) is 5.56. The fraction of sp³-hybridized carbons (Fsp3) is 0.618. The third-order valence-electron chi connectivity index (χ3n) is 9.29. The van der Waals surface area contributed by atoms with Gasteiger partial charge in [0.1, 0.15) is 22.0 Å². The number of aromatic nitrogens is 5. The minimum atomic E-state index is -4.12. The van der Waals surface area contributed by atoms with Crippen LogP contribution < -0.4 is 10.3 Å². The number of nitrogens with zero attached hydrogens (tertiary/aromatic N) is 6. The highest BCUT2D eigenvalue weighted by Crippen LogP contribution is 2.32. The average molecular weight is 766 g/mol. The maximum atomic E-state index is 13.4. The molecule has 4 heterocycles. The van der Waals surface area contributed by atoms with E-state index < -0.39 is 31.5 Å². The molecule has 3 aromatic heterocycles. The SMILES string of the molecule is CC(C)=C(CS(=O)(=O)O)C(=O)CC1CCC1.CCOc1ncc(S(=O)(=O)N2CCN(CC)CC2)cc1-c1nc2c(CC)n(CCOC)nc2c(=O)[nH]1. The van der Waals surface area contributed by atoms with E-state index in [2.05, 4.69) is 26.9 Å². The lowest BCUT2D eigenvalue weighted by Gasteiger charge is -2.33. The summed E-state index contributed by atoms with van der Waals surface area (Å²) in [7, 11) is -6.30. The van der Waals surface area contributed by atoms with Gasteiger partial charge >= 0.3 is 0 Å². The number of ketones is 1. The number of carbonyl (C=O) groups is 1. The Morgan fingerprint density at radius 3 is 2.29 bits per heavy atom. The predicted octanol–water partition coefficient (Wildman–Crippen LogP) is 3.09. The number of nitrogens with one attached hydrogen (secondary N) is 1. The number of aryl methyl sites for hydroxylation is 1. The van der Waals surface area contributed by atoms with Gasteiger partial charge < -0.3 is 19.4 Å². The number of likely N-dealkylation sites (N-methyl/N-ethyl adjacent to an activating group) is 1. The first-order valence-corrected chi connectivity index (χ1v) is 20.7. The van der Waals surface area contributed by atoms with Crippen LogP contribution in [0.1, 0.15) is 66.0 Å². The van der Waals surface area contributed by atoms with E-state index in [4.69, 9.17) is 19.0 Å². The Morgan fingerprint density at radius 2 is 1.75 bits per heavy atom. The predicted molar refractivity (Wildman–Crippen MR) is 196 cm³/mol. The van der Waals surface area contributed by atoms with Crippen molar-refractivity contribution < 1.29 is 35.7 Å². The number of sulfonamides is 1.